The maximum absolute atomic E-state index is 5.91. The van der Waals surface area contributed by atoms with Gasteiger partial charge in [0.05, 0.1) is 5.38 Å². The van der Waals surface area contributed by atoms with Crippen LogP contribution >= 0.6 is 11.6 Å². The molecular weight excluding hydrogens is 170 g/mol. The predicted molar refractivity (Wildman–Crippen MR) is 53.2 cm³/mol. The summed E-state index contributed by atoms with van der Waals surface area (Å²) >= 11 is 5.91. The minimum Gasteiger partial charge on any atom is -0.322 e. The Bertz CT molecular complexity index is 245. The molecule has 0 radical (unpaired) electrons. The highest BCUT2D eigenvalue weighted by Crippen LogP contribution is 2.18. The number of benzene rings is 1. The fourth-order valence-corrected chi connectivity index (χ4v) is 1.15. The average Bonchev–Trinajstić information content (AvgIpc) is 2.17. The molecule has 1 nitrogen and oxygen atoms in total. The van der Waals surface area contributed by atoms with Crippen molar-refractivity contribution in [2.45, 2.75) is 11.4 Å². The van der Waals surface area contributed by atoms with E-state index < -0.39 is 0 Å². The van der Waals surface area contributed by atoms with Crippen molar-refractivity contribution in [3.05, 3.63) is 48.6 Å². The van der Waals surface area contributed by atoms with Crippen LogP contribution in [0.1, 0.15) is 11.6 Å². The molecule has 1 aromatic carbocycles. The van der Waals surface area contributed by atoms with Gasteiger partial charge in [-0.25, -0.2) is 0 Å². The van der Waals surface area contributed by atoms with Crippen molar-refractivity contribution in [3.8, 4) is 0 Å². The van der Waals surface area contributed by atoms with E-state index in [9.17, 15) is 0 Å². The van der Waals surface area contributed by atoms with Gasteiger partial charge >= 0.3 is 0 Å². The van der Waals surface area contributed by atoms with Crippen molar-refractivity contribution in [1.82, 2.24) is 0 Å². The first-order valence-electron chi connectivity index (χ1n) is 3.83. The van der Waals surface area contributed by atoms with Gasteiger partial charge in [0.2, 0.25) is 0 Å². The monoisotopic (exact) mass is 181 g/mol. The molecule has 0 aliphatic rings. The highest BCUT2D eigenvalue weighted by Gasteiger charge is 2.12. The van der Waals surface area contributed by atoms with E-state index in [0.717, 1.165) is 5.56 Å². The van der Waals surface area contributed by atoms with Crippen LogP contribution in [0.3, 0.4) is 0 Å². The van der Waals surface area contributed by atoms with Crippen LogP contribution in [0.2, 0.25) is 0 Å². The third-order valence-corrected chi connectivity index (χ3v) is 2.20. The highest BCUT2D eigenvalue weighted by atomic mass is 35.5. The number of rotatable bonds is 3. The molecular formula is C10H12ClN. The molecule has 0 heterocycles. The standard InChI is InChI=1S/C10H12ClN/c1-2-9(11)10(12)8-6-4-3-5-7-8/h2-7,9-10H,1,12H2. The maximum atomic E-state index is 5.91. The Kier molecular flexibility index (Phi) is 3.32. The Balaban J connectivity index is 2.78. The molecule has 2 heteroatoms. The molecule has 1 rings (SSSR count). The Labute approximate surface area is 77.8 Å². The van der Waals surface area contributed by atoms with Crippen molar-refractivity contribution in [1.29, 1.82) is 0 Å². The summed E-state index contributed by atoms with van der Waals surface area (Å²) in [5, 5.41) is -0.201. The molecule has 2 N–H and O–H groups in total. The third-order valence-electron chi connectivity index (χ3n) is 1.75. The smallest absolute Gasteiger partial charge is 0.0706 e. The van der Waals surface area contributed by atoms with Crippen LogP contribution in [-0.4, -0.2) is 5.38 Å². The fourth-order valence-electron chi connectivity index (χ4n) is 1.01. The van der Waals surface area contributed by atoms with E-state index in [0.29, 0.717) is 0 Å². The highest BCUT2D eigenvalue weighted by molar-refractivity contribution is 6.22. The molecule has 1 aromatic rings. The Morgan fingerprint density at radius 1 is 1.33 bits per heavy atom. The van der Waals surface area contributed by atoms with E-state index in [1.54, 1.807) is 6.08 Å². The SMILES string of the molecule is C=CC(Cl)C(N)c1ccccc1. The molecule has 0 fully saturated rings. The zero-order chi connectivity index (χ0) is 8.97. The van der Waals surface area contributed by atoms with E-state index in [-0.39, 0.29) is 11.4 Å². The molecule has 12 heavy (non-hydrogen) atoms. The quantitative estimate of drug-likeness (QED) is 0.563. The molecule has 0 aliphatic carbocycles. The molecule has 0 saturated carbocycles. The van der Waals surface area contributed by atoms with E-state index in [1.807, 2.05) is 30.3 Å². The Morgan fingerprint density at radius 2 is 1.92 bits per heavy atom. The number of nitrogens with two attached hydrogens (primary N) is 1. The van der Waals surface area contributed by atoms with Crippen molar-refractivity contribution < 1.29 is 0 Å². The lowest BCUT2D eigenvalue weighted by molar-refractivity contribution is 0.749. The minimum atomic E-state index is -0.201. The Morgan fingerprint density at radius 3 is 2.42 bits per heavy atom. The van der Waals surface area contributed by atoms with Crippen LogP contribution in [0.25, 0.3) is 0 Å². The number of hydrogen-bond donors (Lipinski definition) is 1. The van der Waals surface area contributed by atoms with Gasteiger partial charge in [-0.3, -0.25) is 0 Å². The van der Waals surface area contributed by atoms with Crippen molar-refractivity contribution in [3.63, 3.8) is 0 Å². The second kappa shape index (κ2) is 4.29. The number of alkyl halides is 1. The minimum absolute atomic E-state index is 0.162. The summed E-state index contributed by atoms with van der Waals surface area (Å²) in [4.78, 5) is 0. The molecule has 0 aromatic heterocycles. The zero-order valence-electron chi connectivity index (χ0n) is 6.78. The first kappa shape index (κ1) is 9.30. The molecule has 0 spiro atoms. The number of halogens is 1. The summed E-state index contributed by atoms with van der Waals surface area (Å²) in [7, 11) is 0. The van der Waals surface area contributed by atoms with Gasteiger partial charge in [0.25, 0.3) is 0 Å². The zero-order valence-corrected chi connectivity index (χ0v) is 7.54. The lowest BCUT2D eigenvalue weighted by atomic mass is 10.0. The first-order valence-corrected chi connectivity index (χ1v) is 4.26. The lowest BCUT2D eigenvalue weighted by Gasteiger charge is -2.14. The van der Waals surface area contributed by atoms with E-state index in [2.05, 4.69) is 6.58 Å². The maximum Gasteiger partial charge on any atom is 0.0706 e. The predicted octanol–water partition coefficient (Wildman–Crippen LogP) is 2.48. The molecule has 64 valence electrons. The van der Waals surface area contributed by atoms with Crippen molar-refractivity contribution in [2.24, 2.45) is 5.73 Å². The average molecular weight is 182 g/mol. The van der Waals surface area contributed by atoms with Crippen LogP contribution in [0.5, 0.6) is 0 Å². The molecule has 0 amide bonds. The van der Waals surface area contributed by atoms with E-state index >= 15 is 0 Å². The van der Waals surface area contributed by atoms with Crippen LogP contribution in [0.4, 0.5) is 0 Å². The summed E-state index contributed by atoms with van der Waals surface area (Å²) in [6.45, 7) is 3.60. The molecule has 0 aliphatic heterocycles. The largest absolute Gasteiger partial charge is 0.322 e. The van der Waals surface area contributed by atoms with Gasteiger partial charge in [0, 0.05) is 6.04 Å². The van der Waals surface area contributed by atoms with Gasteiger partial charge in [0.15, 0.2) is 0 Å². The molecule has 0 saturated heterocycles. The van der Waals surface area contributed by atoms with Crippen LogP contribution < -0.4 is 5.73 Å². The second-order valence-electron chi connectivity index (χ2n) is 2.62. The van der Waals surface area contributed by atoms with Crippen LogP contribution in [0.15, 0.2) is 43.0 Å². The molecule has 2 atom stereocenters. The van der Waals surface area contributed by atoms with Gasteiger partial charge in [-0.2, -0.15) is 0 Å². The first-order chi connectivity index (χ1) is 5.75. The van der Waals surface area contributed by atoms with Crippen LogP contribution in [-0.2, 0) is 0 Å². The summed E-state index contributed by atoms with van der Waals surface area (Å²) < 4.78 is 0. The van der Waals surface area contributed by atoms with E-state index in [4.69, 9.17) is 17.3 Å². The Hall–Kier alpha value is -0.790. The van der Waals surface area contributed by atoms with Gasteiger partial charge in [0.1, 0.15) is 0 Å². The number of hydrogen-bond acceptors (Lipinski definition) is 1. The summed E-state index contributed by atoms with van der Waals surface area (Å²) in [5.41, 5.74) is 6.89. The van der Waals surface area contributed by atoms with Gasteiger partial charge in [-0.1, -0.05) is 36.4 Å². The molecule has 2 unspecified atom stereocenters. The third kappa shape index (κ3) is 2.10. The normalized spacial score (nSPS) is 15.2. The van der Waals surface area contributed by atoms with Crippen molar-refractivity contribution in [2.75, 3.05) is 0 Å². The summed E-state index contributed by atoms with van der Waals surface area (Å²) in [5.74, 6) is 0. The lowest BCUT2D eigenvalue weighted by Crippen LogP contribution is -2.19. The van der Waals surface area contributed by atoms with Crippen LogP contribution in [0, 0.1) is 0 Å². The summed E-state index contributed by atoms with van der Waals surface area (Å²) in [6.07, 6.45) is 1.65. The topological polar surface area (TPSA) is 26.0 Å². The van der Waals surface area contributed by atoms with Gasteiger partial charge < -0.3 is 5.73 Å². The fraction of sp³-hybridized carbons (Fsp3) is 0.200. The van der Waals surface area contributed by atoms with Gasteiger partial charge in [-0.15, -0.1) is 18.2 Å². The molecule has 0 bridgehead atoms. The van der Waals surface area contributed by atoms with Crippen molar-refractivity contribution >= 4 is 11.6 Å². The van der Waals surface area contributed by atoms with E-state index in [1.165, 1.54) is 0 Å². The van der Waals surface area contributed by atoms with Gasteiger partial charge in [-0.05, 0) is 5.56 Å². The summed E-state index contributed by atoms with van der Waals surface area (Å²) in [6, 6.07) is 9.61. The second-order valence-corrected chi connectivity index (χ2v) is 3.12.